The van der Waals surface area contributed by atoms with Crippen LogP contribution in [0.25, 0.3) is 16.7 Å². The van der Waals surface area contributed by atoms with Crippen LogP contribution in [0.15, 0.2) is 59.9 Å². The normalized spacial score (nSPS) is 11.8. The molecule has 7 heteroatoms. The fourth-order valence-electron chi connectivity index (χ4n) is 3.57. The Morgan fingerprint density at radius 2 is 2.00 bits per heavy atom. The monoisotopic (exact) mass is 401 g/mol. The molecule has 4 aromatic rings. The third kappa shape index (κ3) is 4.35. The number of aryl methyl sites for hydroxylation is 2. The number of benzene rings is 1. The summed E-state index contributed by atoms with van der Waals surface area (Å²) in [5, 5.41) is 12.5. The average molecular weight is 402 g/mol. The molecule has 0 aliphatic rings. The van der Waals surface area contributed by atoms with Gasteiger partial charge in [-0.25, -0.2) is 9.67 Å². The Kier molecular flexibility index (Phi) is 5.79. The summed E-state index contributed by atoms with van der Waals surface area (Å²) in [7, 11) is 1.78. The molecule has 3 heterocycles. The third-order valence-corrected chi connectivity index (χ3v) is 5.08. The minimum atomic E-state index is 0.650. The molecule has 0 saturated heterocycles. The van der Waals surface area contributed by atoms with Gasteiger partial charge in [-0.15, -0.1) is 0 Å². The van der Waals surface area contributed by atoms with Crippen molar-refractivity contribution in [2.75, 3.05) is 13.6 Å². The first kappa shape index (κ1) is 19.7. The lowest BCUT2D eigenvalue weighted by Gasteiger charge is -2.12. The van der Waals surface area contributed by atoms with Crippen LogP contribution >= 0.6 is 0 Å². The summed E-state index contributed by atoms with van der Waals surface area (Å²) >= 11 is 0. The molecule has 4 rings (SSSR count). The maximum atomic E-state index is 4.55. The molecule has 0 spiro atoms. The molecule has 0 aliphatic heterocycles. The highest BCUT2D eigenvalue weighted by atomic mass is 15.3. The number of guanidine groups is 1. The van der Waals surface area contributed by atoms with Gasteiger partial charge in [0, 0.05) is 49.1 Å². The maximum Gasteiger partial charge on any atom is 0.191 e. The molecule has 30 heavy (non-hydrogen) atoms. The molecule has 0 aliphatic carbocycles. The van der Waals surface area contributed by atoms with E-state index in [2.05, 4.69) is 61.2 Å². The number of para-hydroxylation sites is 1. The van der Waals surface area contributed by atoms with Crippen molar-refractivity contribution >= 4 is 16.9 Å². The highest BCUT2D eigenvalue weighted by Gasteiger charge is 2.06. The number of aliphatic imine (C=N–C) groups is 1. The molecule has 7 nitrogen and oxygen atoms in total. The van der Waals surface area contributed by atoms with Crippen LogP contribution < -0.4 is 10.6 Å². The Labute approximate surface area is 176 Å². The number of fused-ring (bicyclic) bond motifs is 1. The number of hydrogen-bond donors (Lipinski definition) is 3. The second-order valence-electron chi connectivity index (χ2n) is 7.33. The smallest absolute Gasteiger partial charge is 0.191 e. The summed E-state index contributed by atoms with van der Waals surface area (Å²) in [6.07, 6.45) is 4.88. The lowest BCUT2D eigenvalue weighted by atomic mass is 10.1. The molecule has 0 radical (unpaired) electrons. The highest BCUT2D eigenvalue weighted by molar-refractivity contribution is 5.83. The molecule has 0 amide bonds. The maximum absolute atomic E-state index is 4.55. The van der Waals surface area contributed by atoms with Crippen LogP contribution in [0, 0.1) is 13.8 Å². The van der Waals surface area contributed by atoms with Crippen molar-refractivity contribution in [2.24, 2.45) is 4.99 Å². The fourth-order valence-corrected chi connectivity index (χ4v) is 3.57. The van der Waals surface area contributed by atoms with Gasteiger partial charge in [0.15, 0.2) is 11.8 Å². The molecular formula is C23H27N7. The Morgan fingerprint density at radius 3 is 2.73 bits per heavy atom. The van der Waals surface area contributed by atoms with Crippen molar-refractivity contribution in [1.29, 1.82) is 0 Å². The van der Waals surface area contributed by atoms with E-state index in [1.165, 1.54) is 16.5 Å². The van der Waals surface area contributed by atoms with E-state index in [0.717, 1.165) is 41.7 Å². The van der Waals surface area contributed by atoms with E-state index >= 15 is 0 Å². The van der Waals surface area contributed by atoms with Gasteiger partial charge in [-0.2, -0.15) is 5.10 Å². The van der Waals surface area contributed by atoms with E-state index in [4.69, 9.17) is 0 Å². The first-order valence-corrected chi connectivity index (χ1v) is 10.1. The van der Waals surface area contributed by atoms with Crippen LogP contribution in [0.3, 0.4) is 0 Å². The quantitative estimate of drug-likeness (QED) is 0.342. The van der Waals surface area contributed by atoms with Crippen molar-refractivity contribution in [3.8, 4) is 5.82 Å². The Morgan fingerprint density at radius 1 is 1.13 bits per heavy atom. The Hall–Kier alpha value is -3.61. The van der Waals surface area contributed by atoms with Gasteiger partial charge in [-0.1, -0.05) is 24.3 Å². The molecule has 0 atom stereocenters. The van der Waals surface area contributed by atoms with Gasteiger partial charge in [0.25, 0.3) is 0 Å². The number of nitrogens with zero attached hydrogens (tertiary/aromatic N) is 4. The minimum absolute atomic E-state index is 0.650. The van der Waals surface area contributed by atoms with E-state index in [1.807, 2.05) is 42.9 Å². The van der Waals surface area contributed by atoms with Gasteiger partial charge in [0.2, 0.25) is 0 Å². The summed E-state index contributed by atoms with van der Waals surface area (Å²) in [6, 6.07) is 14.5. The lowest BCUT2D eigenvalue weighted by Crippen LogP contribution is -2.37. The average Bonchev–Trinajstić information content (AvgIpc) is 3.33. The van der Waals surface area contributed by atoms with Gasteiger partial charge < -0.3 is 15.6 Å². The van der Waals surface area contributed by atoms with Crippen molar-refractivity contribution in [2.45, 2.75) is 26.8 Å². The number of nitrogens with one attached hydrogen (secondary N) is 3. The van der Waals surface area contributed by atoms with Crippen LogP contribution in [0.2, 0.25) is 0 Å². The third-order valence-electron chi connectivity index (χ3n) is 5.08. The molecule has 3 aromatic heterocycles. The van der Waals surface area contributed by atoms with Gasteiger partial charge >= 0.3 is 0 Å². The van der Waals surface area contributed by atoms with Gasteiger partial charge in [-0.3, -0.25) is 4.99 Å². The molecule has 1 aromatic carbocycles. The van der Waals surface area contributed by atoms with Gasteiger partial charge in [0.1, 0.15) is 0 Å². The number of H-pyrrole nitrogens is 1. The van der Waals surface area contributed by atoms with Crippen LogP contribution in [-0.2, 0) is 13.0 Å². The van der Waals surface area contributed by atoms with Crippen molar-refractivity contribution < 1.29 is 0 Å². The zero-order chi connectivity index (χ0) is 20.9. The molecule has 0 unspecified atom stereocenters. The SMILES string of the molecule is CN=C(NCCc1c[nH]c2ccccc12)NCc1ccc(-n2nc(C)cc2C)nc1. The largest absolute Gasteiger partial charge is 0.361 e. The molecule has 0 bridgehead atoms. The van der Waals surface area contributed by atoms with E-state index in [9.17, 15) is 0 Å². The van der Waals surface area contributed by atoms with E-state index < -0.39 is 0 Å². The number of pyridine rings is 1. The summed E-state index contributed by atoms with van der Waals surface area (Å²) in [6.45, 7) is 5.47. The standard InChI is InChI=1S/C23H27N7/c1-16-12-17(2)30(29-16)22-9-8-18(13-27-22)14-28-23(24-3)25-11-10-19-15-26-21-7-5-4-6-20(19)21/h4-9,12-13,15,26H,10-11,14H2,1-3H3,(H2,24,25,28). The summed E-state index contributed by atoms with van der Waals surface area (Å²) in [4.78, 5) is 12.2. The van der Waals surface area contributed by atoms with Crippen molar-refractivity contribution in [1.82, 2.24) is 30.4 Å². The second-order valence-corrected chi connectivity index (χ2v) is 7.33. The minimum Gasteiger partial charge on any atom is -0.361 e. The first-order valence-electron chi connectivity index (χ1n) is 10.1. The first-order chi connectivity index (χ1) is 14.6. The molecule has 3 N–H and O–H groups in total. The number of rotatable bonds is 6. The van der Waals surface area contributed by atoms with Crippen molar-refractivity contribution in [3.63, 3.8) is 0 Å². The van der Waals surface area contributed by atoms with Crippen LogP contribution in [-0.4, -0.2) is 39.3 Å². The lowest BCUT2D eigenvalue weighted by molar-refractivity contribution is 0.785. The number of aromatic nitrogens is 4. The Balaban J connectivity index is 1.29. The van der Waals surface area contributed by atoms with Gasteiger partial charge in [-0.05, 0) is 49.6 Å². The molecule has 0 saturated carbocycles. The van der Waals surface area contributed by atoms with E-state index in [-0.39, 0.29) is 0 Å². The van der Waals surface area contributed by atoms with Gasteiger partial charge in [0.05, 0.1) is 5.69 Å². The van der Waals surface area contributed by atoms with E-state index in [1.54, 1.807) is 7.05 Å². The Bertz CT molecular complexity index is 1150. The highest BCUT2D eigenvalue weighted by Crippen LogP contribution is 2.17. The topological polar surface area (TPSA) is 82.9 Å². The van der Waals surface area contributed by atoms with E-state index in [0.29, 0.717) is 6.54 Å². The zero-order valence-electron chi connectivity index (χ0n) is 17.6. The van der Waals surface area contributed by atoms with Crippen LogP contribution in [0.5, 0.6) is 0 Å². The van der Waals surface area contributed by atoms with Crippen LogP contribution in [0.4, 0.5) is 0 Å². The predicted octanol–water partition coefficient (Wildman–Crippen LogP) is 3.27. The summed E-state index contributed by atoms with van der Waals surface area (Å²) in [5.74, 6) is 1.60. The zero-order valence-corrected chi connectivity index (χ0v) is 17.6. The van der Waals surface area contributed by atoms with Crippen LogP contribution in [0.1, 0.15) is 22.5 Å². The predicted molar refractivity (Wildman–Crippen MR) is 121 cm³/mol. The number of hydrogen-bond acceptors (Lipinski definition) is 3. The van der Waals surface area contributed by atoms with Crippen molar-refractivity contribution in [3.05, 3.63) is 77.4 Å². The second kappa shape index (κ2) is 8.82. The fraction of sp³-hybridized carbons (Fsp3) is 0.261. The summed E-state index contributed by atoms with van der Waals surface area (Å²) < 4.78 is 1.86. The number of aromatic amines is 1. The molecular weight excluding hydrogens is 374 g/mol. The summed E-state index contributed by atoms with van der Waals surface area (Å²) in [5.41, 5.74) is 5.62. The molecule has 0 fully saturated rings. The molecule has 154 valence electrons.